The minimum Gasteiger partial charge on any atom is -0.333 e. The molecule has 2 aliphatic rings. The number of hydrogen-bond acceptors (Lipinski definition) is 4. The molecule has 1 aromatic rings. The van der Waals surface area contributed by atoms with Crippen molar-refractivity contribution in [3.63, 3.8) is 0 Å². The van der Waals surface area contributed by atoms with Crippen LogP contribution in [0.4, 0.5) is 4.39 Å². The lowest BCUT2D eigenvalue weighted by Gasteiger charge is -2.32. The maximum absolute atomic E-state index is 13.0. The van der Waals surface area contributed by atoms with Crippen molar-refractivity contribution in [2.24, 2.45) is 5.92 Å². The van der Waals surface area contributed by atoms with Crippen LogP contribution in [0, 0.1) is 23.1 Å². The molecule has 1 atom stereocenters. The van der Waals surface area contributed by atoms with E-state index in [0.29, 0.717) is 26.2 Å². The highest BCUT2D eigenvalue weighted by Crippen LogP contribution is 2.39. The van der Waals surface area contributed by atoms with E-state index in [1.165, 1.54) is 16.4 Å². The van der Waals surface area contributed by atoms with Crippen LogP contribution in [0.5, 0.6) is 0 Å². The van der Waals surface area contributed by atoms with Crippen LogP contribution >= 0.6 is 0 Å². The van der Waals surface area contributed by atoms with Gasteiger partial charge in [-0.25, -0.2) is 12.8 Å². The molecule has 3 rings (SSSR count). The van der Waals surface area contributed by atoms with Crippen molar-refractivity contribution >= 4 is 15.9 Å². The molecule has 0 unspecified atom stereocenters. The second-order valence-corrected chi connectivity index (χ2v) is 9.36. The Balaban J connectivity index is 1.53. The first kappa shape index (κ1) is 19.7. The van der Waals surface area contributed by atoms with Crippen molar-refractivity contribution in [1.29, 1.82) is 5.26 Å². The van der Waals surface area contributed by atoms with E-state index in [2.05, 4.69) is 11.4 Å². The van der Waals surface area contributed by atoms with E-state index in [9.17, 15) is 22.9 Å². The summed E-state index contributed by atoms with van der Waals surface area (Å²) in [5.74, 6) is -0.445. The summed E-state index contributed by atoms with van der Waals surface area (Å²) in [6, 6.07) is 6.99. The van der Waals surface area contributed by atoms with Crippen molar-refractivity contribution < 1.29 is 22.5 Å². The molecule has 1 saturated carbocycles. The smallest absolute Gasteiger partial charge is 0.276 e. The number of halogens is 1. The maximum atomic E-state index is 13.0. The lowest BCUT2D eigenvalue weighted by Crippen LogP contribution is -3.16. The summed E-state index contributed by atoms with van der Waals surface area (Å²) in [4.78, 5) is 13.3. The molecule has 7 nitrogen and oxygen atoms in total. The van der Waals surface area contributed by atoms with E-state index in [4.69, 9.17) is 0 Å². The van der Waals surface area contributed by atoms with Crippen molar-refractivity contribution in [2.45, 2.75) is 30.2 Å². The van der Waals surface area contributed by atoms with Gasteiger partial charge in [-0.2, -0.15) is 9.57 Å². The van der Waals surface area contributed by atoms with Crippen molar-refractivity contribution in [1.82, 2.24) is 9.62 Å². The highest BCUT2D eigenvalue weighted by molar-refractivity contribution is 7.89. The Morgan fingerprint density at radius 1 is 1.33 bits per heavy atom. The Bertz CT molecular complexity index is 840. The van der Waals surface area contributed by atoms with Crippen molar-refractivity contribution in [3.05, 3.63) is 30.1 Å². The zero-order chi connectivity index (χ0) is 19.7. The summed E-state index contributed by atoms with van der Waals surface area (Å²) in [5.41, 5.74) is -0.815. The molecule has 2 fully saturated rings. The first-order valence-electron chi connectivity index (χ1n) is 9.06. The zero-order valence-corrected chi connectivity index (χ0v) is 16.1. The Kier molecular flexibility index (Phi) is 5.51. The molecule has 146 valence electrons. The Labute approximate surface area is 158 Å². The van der Waals surface area contributed by atoms with Gasteiger partial charge < -0.3 is 10.2 Å². The normalized spacial score (nSPS) is 21.2. The number of rotatable bonds is 6. The quantitative estimate of drug-likeness (QED) is 0.681. The predicted molar refractivity (Wildman–Crippen MR) is 95.6 cm³/mol. The van der Waals surface area contributed by atoms with E-state index in [1.54, 1.807) is 6.92 Å². The van der Waals surface area contributed by atoms with Crippen LogP contribution in [-0.2, 0) is 14.8 Å². The first-order chi connectivity index (χ1) is 12.7. The van der Waals surface area contributed by atoms with Gasteiger partial charge >= 0.3 is 0 Å². The standard InChI is InChI=1S/C18H23FN4O3S/c1-18(13-20,14-2-3-14)21-17(24)12-22-8-10-23(11-9-22)27(25,26)16-6-4-15(19)5-7-16/h4-7,14H,2-3,8-12H2,1H3,(H,21,24)/p+1/t18-/m0/s1. The molecule has 1 aliphatic carbocycles. The monoisotopic (exact) mass is 395 g/mol. The molecule has 1 saturated heterocycles. The van der Waals surface area contributed by atoms with Gasteiger partial charge in [-0.05, 0) is 49.9 Å². The van der Waals surface area contributed by atoms with Crippen LogP contribution in [0.1, 0.15) is 19.8 Å². The predicted octanol–water partition coefficient (Wildman–Crippen LogP) is -0.477. The van der Waals surface area contributed by atoms with E-state index in [0.717, 1.165) is 29.9 Å². The summed E-state index contributed by atoms with van der Waals surface area (Å²) in [7, 11) is -3.66. The van der Waals surface area contributed by atoms with E-state index in [-0.39, 0.29) is 23.3 Å². The fraction of sp³-hybridized carbons (Fsp3) is 0.556. The topological polar surface area (TPSA) is 94.7 Å². The summed E-state index contributed by atoms with van der Waals surface area (Å²) < 4.78 is 39.6. The lowest BCUT2D eigenvalue weighted by molar-refractivity contribution is -0.895. The van der Waals surface area contributed by atoms with Gasteiger partial charge in [-0.3, -0.25) is 4.79 Å². The van der Waals surface area contributed by atoms with Gasteiger partial charge in [0.2, 0.25) is 10.0 Å². The van der Waals surface area contributed by atoms with Crippen LogP contribution in [0.3, 0.4) is 0 Å². The number of nitriles is 1. The van der Waals surface area contributed by atoms with Crippen molar-refractivity contribution in [2.75, 3.05) is 32.7 Å². The molecule has 9 heteroatoms. The number of nitrogens with one attached hydrogen (secondary N) is 2. The van der Waals surface area contributed by atoms with Gasteiger partial charge in [0.15, 0.2) is 6.54 Å². The molecule has 0 spiro atoms. The molecule has 0 aromatic heterocycles. The highest BCUT2D eigenvalue weighted by atomic mass is 32.2. The third kappa shape index (κ3) is 4.46. The van der Waals surface area contributed by atoms with Crippen LogP contribution in [0.2, 0.25) is 0 Å². The number of nitrogens with zero attached hydrogens (tertiary/aromatic N) is 2. The van der Waals surface area contributed by atoms with Gasteiger partial charge in [0.1, 0.15) is 11.4 Å². The number of amides is 1. The van der Waals surface area contributed by atoms with E-state index >= 15 is 0 Å². The zero-order valence-electron chi connectivity index (χ0n) is 15.2. The van der Waals surface area contributed by atoms with Crippen LogP contribution in [0.25, 0.3) is 0 Å². The minimum atomic E-state index is -3.66. The average molecular weight is 395 g/mol. The molecule has 1 heterocycles. The molecule has 1 aliphatic heterocycles. The van der Waals surface area contributed by atoms with E-state index in [1.807, 2.05) is 0 Å². The van der Waals surface area contributed by atoms with Crippen LogP contribution in [0.15, 0.2) is 29.2 Å². The molecule has 0 radical (unpaired) electrons. The van der Waals surface area contributed by atoms with Gasteiger partial charge in [0, 0.05) is 0 Å². The van der Waals surface area contributed by atoms with Gasteiger partial charge in [0.25, 0.3) is 5.91 Å². The fourth-order valence-corrected chi connectivity index (χ4v) is 4.86. The highest BCUT2D eigenvalue weighted by Gasteiger charge is 2.43. The van der Waals surface area contributed by atoms with Crippen LogP contribution in [-0.4, -0.2) is 56.9 Å². The molecule has 27 heavy (non-hydrogen) atoms. The number of carbonyl (C=O) groups is 1. The average Bonchev–Trinajstić information content (AvgIpc) is 3.48. The van der Waals surface area contributed by atoms with Gasteiger partial charge in [-0.1, -0.05) is 0 Å². The lowest BCUT2D eigenvalue weighted by atomic mass is 9.98. The Morgan fingerprint density at radius 3 is 2.44 bits per heavy atom. The SMILES string of the molecule is C[C@@](C#N)(NC(=O)C[NH+]1CCN(S(=O)(=O)c2ccc(F)cc2)CC1)C1CC1. The fourth-order valence-electron chi connectivity index (χ4n) is 3.42. The largest absolute Gasteiger partial charge is 0.333 e. The summed E-state index contributed by atoms with van der Waals surface area (Å²) in [6.07, 6.45) is 1.91. The van der Waals surface area contributed by atoms with Crippen LogP contribution < -0.4 is 10.2 Å². The third-order valence-corrected chi connectivity index (χ3v) is 7.23. The number of hydrogen-bond donors (Lipinski definition) is 2. The summed E-state index contributed by atoms with van der Waals surface area (Å²) in [6.45, 7) is 3.56. The second kappa shape index (κ2) is 7.54. The second-order valence-electron chi connectivity index (χ2n) is 7.42. The molecular formula is C18H24FN4O3S+. The molecule has 1 amide bonds. The number of sulfonamides is 1. The summed E-state index contributed by atoms with van der Waals surface area (Å²) in [5, 5.41) is 12.2. The number of piperazine rings is 1. The molecule has 0 bridgehead atoms. The molecule has 2 N–H and O–H groups in total. The van der Waals surface area contributed by atoms with Crippen molar-refractivity contribution in [3.8, 4) is 6.07 Å². The number of benzene rings is 1. The van der Waals surface area contributed by atoms with E-state index < -0.39 is 21.4 Å². The number of carbonyl (C=O) groups excluding carboxylic acids is 1. The van der Waals surface area contributed by atoms with Gasteiger partial charge in [-0.15, -0.1) is 0 Å². The summed E-state index contributed by atoms with van der Waals surface area (Å²) >= 11 is 0. The maximum Gasteiger partial charge on any atom is 0.276 e. The molecule has 1 aromatic carbocycles. The van der Waals surface area contributed by atoms with Gasteiger partial charge in [0.05, 0.1) is 37.1 Å². The third-order valence-electron chi connectivity index (χ3n) is 5.32. The number of quaternary nitrogens is 1. The minimum absolute atomic E-state index is 0.0688. The first-order valence-corrected chi connectivity index (χ1v) is 10.5. The molecular weight excluding hydrogens is 371 g/mol. The Morgan fingerprint density at radius 2 is 1.93 bits per heavy atom. The Hall–Kier alpha value is -2.02.